The van der Waals surface area contributed by atoms with Gasteiger partial charge in [0.2, 0.25) is 6.41 Å². The molecule has 13 heavy (non-hydrogen) atoms. The van der Waals surface area contributed by atoms with Crippen LogP contribution in [0, 0.1) is 0 Å². The summed E-state index contributed by atoms with van der Waals surface area (Å²) in [5.74, 6) is -1.67. The normalized spacial score (nSPS) is 11.5. The molecule has 1 atom stereocenters. The fourth-order valence-corrected chi connectivity index (χ4v) is 0.724. The number of amides is 1. The molecule has 74 valence electrons. The third kappa shape index (κ3) is 4.78. The first-order chi connectivity index (χ1) is 6.11. The molecule has 0 heterocycles. The summed E-state index contributed by atoms with van der Waals surface area (Å²) in [6, 6.07) is -1.03. The van der Waals surface area contributed by atoms with E-state index in [1.165, 1.54) is 7.11 Å². The van der Waals surface area contributed by atoms with Gasteiger partial charge in [0, 0.05) is 6.42 Å². The summed E-state index contributed by atoms with van der Waals surface area (Å²) in [7, 11) is 1.21. The maximum atomic E-state index is 10.6. The molecule has 0 aromatic heterocycles. The molecular formula is C7H11NO5. The lowest BCUT2D eigenvalue weighted by Gasteiger charge is -2.09. The molecule has 0 unspecified atom stereocenters. The number of carboxylic acids is 1. The Morgan fingerprint density at radius 1 is 1.62 bits per heavy atom. The summed E-state index contributed by atoms with van der Waals surface area (Å²) in [6.45, 7) is 0. The Morgan fingerprint density at radius 3 is 2.62 bits per heavy atom. The van der Waals surface area contributed by atoms with E-state index in [4.69, 9.17) is 5.11 Å². The maximum Gasteiger partial charge on any atom is 0.326 e. The topological polar surface area (TPSA) is 92.7 Å². The van der Waals surface area contributed by atoms with Crippen LogP contribution in [0.4, 0.5) is 0 Å². The van der Waals surface area contributed by atoms with Crippen LogP contribution in [-0.4, -0.2) is 36.6 Å². The highest BCUT2D eigenvalue weighted by Gasteiger charge is 2.17. The highest BCUT2D eigenvalue weighted by Crippen LogP contribution is 1.98. The van der Waals surface area contributed by atoms with Crippen LogP contribution in [0.25, 0.3) is 0 Å². The van der Waals surface area contributed by atoms with E-state index in [0.29, 0.717) is 0 Å². The summed E-state index contributed by atoms with van der Waals surface area (Å²) in [5.41, 5.74) is 0. The first-order valence-corrected chi connectivity index (χ1v) is 3.61. The number of carbonyl (C=O) groups excluding carboxylic acids is 2. The zero-order chi connectivity index (χ0) is 10.3. The van der Waals surface area contributed by atoms with E-state index in [1.807, 2.05) is 0 Å². The minimum atomic E-state index is -1.17. The zero-order valence-corrected chi connectivity index (χ0v) is 7.15. The van der Waals surface area contributed by atoms with Crippen molar-refractivity contribution in [3.63, 3.8) is 0 Å². The minimum absolute atomic E-state index is 0.0285. The van der Waals surface area contributed by atoms with E-state index in [-0.39, 0.29) is 19.3 Å². The van der Waals surface area contributed by atoms with Gasteiger partial charge in [-0.05, 0) is 6.42 Å². The van der Waals surface area contributed by atoms with E-state index in [2.05, 4.69) is 10.1 Å². The molecule has 0 rings (SSSR count). The molecule has 1 amide bonds. The van der Waals surface area contributed by atoms with Gasteiger partial charge in [-0.2, -0.15) is 0 Å². The standard InChI is InChI=1S/C7H11NO5/c1-13-6(10)3-2-5(7(11)12)8-4-9/h4-5H,2-3H2,1H3,(H,8,9)(H,11,12)/t5-/m0/s1. The molecule has 6 nitrogen and oxygen atoms in total. The molecule has 0 fully saturated rings. The first kappa shape index (κ1) is 11.4. The van der Waals surface area contributed by atoms with Crippen LogP contribution < -0.4 is 5.32 Å². The summed E-state index contributed by atoms with van der Waals surface area (Å²) in [4.78, 5) is 31.0. The van der Waals surface area contributed by atoms with Gasteiger partial charge in [-0.25, -0.2) is 4.79 Å². The largest absolute Gasteiger partial charge is 0.480 e. The molecule has 0 aromatic rings. The summed E-state index contributed by atoms with van der Waals surface area (Å²) in [6.07, 6.45) is 0.283. The fraction of sp³-hybridized carbons (Fsp3) is 0.571. The van der Waals surface area contributed by atoms with Crippen LogP contribution in [0.2, 0.25) is 0 Å². The zero-order valence-electron chi connectivity index (χ0n) is 7.15. The minimum Gasteiger partial charge on any atom is -0.480 e. The molecular weight excluding hydrogens is 178 g/mol. The van der Waals surface area contributed by atoms with Crippen LogP contribution in [0.5, 0.6) is 0 Å². The van der Waals surface area contributed by atoms with Crippen LogP contribution in [0.3, 0.4) is 0 Å². The number of hydrogen-bond acceptors (Lipinski definition) is 4. The molecule has 2 N–H and O–H groups in total. The number of rotatable bonds is 6. The van der Waals surface area contributed by atoms with Crippen molar-refractivity contribution in [2.45, 2.75) is 18.9 Å². The van der Waals surface area contributed by atoms with Gasteiger partial charge in [-0.1, -0.05) is 0 Å². The number of esters is 1. The van der Waals surface area contributed by atoms with Gasteiger partial charge in [0.25, 0.3) is 0 Å². The number of carboxylic acid groups (broad SMARTS) is 1. The number of carbonyl (C=O) groups is 3. The summed E-state index contributed by atoms with van der Waals surface area (Å²) >= 11 is 0. The average Bonchev–Trinajstić information content (AvgIpc) is 2.11. The van der Waals surface area contributed by atoms with Crippen molar-refractivity contribution in [1.82, 2.24) is 5.32 Å². The van der Waals surface area contributed by atoms with Gasteiger partial charge in [-0.15, -0.1) is 0 Å². The van der Waals surface area contributed by atoms with Crippen LogP contribution >= 0.6 is 0 Å². The summed E-state index contributed by atoms with van der Waals surface area (Å²) < 4.78 is 4.31. The second-order valence-electron chi connectivity index (χ2n) is 2.29. The molecule has 0 spiro atoms. The lowest BCUT2D eigenvalue weighted by Crippen LogP contribution is -2.36. The van der Waals surface area contributed by atoms with Gasteiger partial charge in [0.1, 0.15) is 6.04 Å². The highest BCUT2D eigenvalue weighted by atomic mass is 16.5. The van der Waals surface area contributed by atoms with Gasteiger partial charge < -0.3 is 15.2 Å². The fourth-order valence-electron chi connectivity index (χ4n) is 0.724. The Balaban J connectivity index is 3.88. The van der Waals surface area contributed by atoms with Crippen molar-refractivity contribution in [3.05, 3.63) is 0 Å². The van der Waals surface area contributed by atoms with Crippen molar-refractivity contribution < 1.29 is 24.2 Å². The number of aliphatic carboxylic acids is 1. The van der Waals surface area contributed by atoms with Gasteiger partial charge >= 0.3 is 11.9 Å². The number of ether oxygens (including phenoxy) is 1. The predicted octanol–water partition coefficient (Wildman–Crippen LogP) is -0.861. The van der Waals surface area contributed by atoms with Gasteiger partial charge in [-0.3, -0.25) is 9.59 Å². The van der Waals surface area contributed by atoms with E-state index in [9.17, 15) is 14.4 Å². The first-order valence-electron chi connectivity index (χ1n) is 3.61. The predicted molar refractivity (Wildman–Crippen MR) is 41.9 cm³/mol. The van der Waals surface area contributed by atoms with Crippen molar-refractivity contribution in [1.29, 1.82) is 0 Å². The number of nitrogens with one attached hydrogen (secondary N) is 1. The van der Waals surface area contributed by atoms with Crippen LogP contribution in [0.15, 0.2) is 0 Å². The Kier molecular flexibility index (Phi) is 5.25. The average molecular weight is 189 g/mol. The van der Waals surface area contributed by atoms with Gasteiger partial charge in [0.15, 0.2) is 0 Å². The molecule has 0 aliphatic rings. The van der Waals surface area contributed by atoms with E-state index < -0.39 is 18.0 Å². The monoisotopic (exact) mass is 189 g/mol. The Bertz CT molecular complexity index is 203. The SMILES string of the molecule is COC(=O)CC[C@H](NC=O)C(=O)O. The lowest BCUT2D eigenvalue weighted by atomic mass is 10.1. The van der Waals surface area contributed by atoms with E-state index in [0.717, 1.165) is 0 Å². The molecule has 0 saturated heterocycles. The third-order valence-electron chi connectivity index (χ3n) is 1.43. The Morgan fingerprint density at radius 2 is 2.23 bits per heavy atom. The van der Waals surface area contributed by atoms with Crippen molar-refractivity contribution in [2.75, 3.05) is 7.11 Å². The number of methoxy groups -OCH3 is 1. The number of hydrogen-bond donors (Lipinski definition) is 2. The van der Waals surface area contributed by atoms with E-state index >= 15 is 0 Å². The maximum absolute atomic E-state index is 10.6. The van der Waals surface area contributed by atoms with Crippen molar-refractivity contribution >= 4 is 18.3 Å². The van der Waals surface area contributed by atoms with E-state index in [1.54, 1.807) is 0 Å². The highest BCUT2D eigenvalue weighted by molar-refractivity contribution is 5.77. The Hall–Kier alpha value is -1.59. The third-order valence-corrected chi connectivity index (χ3v) is 1.43. The van der Waals surface area contributed by atoms with Crippen molar-refractivity contribution in [2.24, 2.45) is 0 Å². The molecule has 0 radical (unpaired) electrons. The van der Waals surface area contributed by atoms with Crippen LogP contribution in [0.1, 0.15) is 12.8 Å². The quantitative estimate of drug-likeness (QED) is 0.419. The molecule has 0 aliphatic heterocycles. The molecule has 0 aromatic carbocycles. The van der Waals surface area contributed by atoms with Crippen LogP contribution in [-0.2, 0) is 19.1 Å². The Labute approximate surface area is 74.9 Å². The molecule has 0 aliphatic carbocycles. The second-order valence-corrected chi connectivity index (χ2v) is 2.29. The summed E-state index contributed by atoms with van der Waals surface area (Å²) in [5, 5.41) is 10.6. The smallest absolute Gasteiger partial charge is 0.326 e. The molecule has 0 saturated carbocycles. The van der Waals surface area contributed by atoms with Crippen molar-refractivity contribution in [3.8, 4) is 0 Å². The van der Waals surface area contributed by atoms with Gasteiger partial charge in [0.05, 0.1) is 7.11 Å². The lowest BCUT2D eigenvalue weighted by molar-refractivity contribution is -0.143. The molecule has 6 heteroatoms. The second kappa shape index (κ2) is 5.99. The molecule has 0 bridgehead atoms.